The molecule has 3 aromatic rings. The lowest BCUT2D eigenvalue weighted by Gasteiger charge is -2.11. The summed E-state index contributed by atoms with van der Waals surface area (Å²) in [7, 11) is 0. The van der Waals surface area contributed by atoms with E-state index in [2.05, 4.69) is 15.5 Å². The normalized spacial score (nSPS) is 11.3. The number of benzene rings is 2. The van der Waals surface area contributed by atoms with Gasteiger partial charge in [-0.25, -0.2) is 0 Å². The SMILES string of the molecule is Cc1ccc(-c2ccc(SCC(=O)Nc3cc(C(F)(F)F)ccc3Cl)nn2)cc1. The van der Waals surface area contributed by atoms with Gasteiger partial charge in [0, 0.05) is 5.56 Å². The van der Waals surface area contributed by atoms with E-state index in [-0.39, 0.29) is 16.5 Å². The Labute approximate surface area is 174 Å². The molecule has 1 amide bonds. The second-order valence-corrected chi connectivity index (χ2v) is 7.55. The van der Waals surface area contributed by atoms with Crippen molar-refractivity contribution in [3.63, 3.8) is 0 Å². The molecule has 0 bridgehead atoms. The van der Waals surface area contributed by atoms with Gasteiger partial charge >= 0.3 is 6.18 Å². The summed E-state index contributed by atoms with van der Waals surface area (Å²) in [4.78, 5) is 12.1. The van der Waals surface area contributed by atoms with Crippen LogP contribution < -0.4 is 5.32 Å². The van der Waals surface area contributed by atoms with Crippen molar-refractivity contribution in [2.24, 2.45) is 0 Å². The van der Waals surface area contributed by atoms with E-state index in [0.717, 1.165) is 41.1 Å². The van der Waals surface area contributed by atoms with E-state index < -0.39 is 17.6 Å². The molecule has 0 aliphatic carbocycles. The fourth-order valence-electron chi connectivity index (χ4n) is 2.40. The number of hydrogen-bond acceptors (Lipinski definition) is 4. The van der Waals surface area contributed by atoms with E-state index in [0.29, 0.717) is 10.7 Å². The van der Waals surface area contributed by atoms with Gasteiger partial charge in [-0.1, -0.05) is 53.2 Å². The molecule has 2 aromatic carbocycles. The van der Waals surface area contributed by atoms with Gasteiger partial charge in [0.05, 0.1) is 27.7 Å². The van der Waals surface area contributed by atoms with Crippen LogP contribution in [0.25, 0.3) is 11.3 Å². The molecule has 0 saturated carbocycles. The van der Waals surface area contributed by atoms with Crippen LogP contribution in [0.5, 0.6) is 0 Å². The van der Waals surface area contributed by atoms with Crippen molar-refractivity contribution >= 4 is 35.0 Å². The number of aryl methyl sites for hydroxylation is 1. The van der Waals surface area contributed by atoms with Crippen LogP contribution in [0.2, 0.25) is 5.02 Å². The number of halogens is 4. The Morgan fingerprint density at radius 3 is 2.41 bits per heavy atom. The molecule has 1 N–H and O–H groups in total. The molecule has 150 valence electrons. The molecule has 29 heavy (non-hydrogen) atoms. The largest absolute Gasteiger partial charge is 0.416 e. The molecule has 9 heteroatoms. The lowest BCUT2D eigenvalue weighted by Crippen LogP contribution is -2.15. The number of anilines is 1. The van der Waals surface area contributed by atoms with Gasteiger partial charge in [0.25, 0.3) is 0 Å². The Hall–Kier alpha value is -2.58. The van der Waals surface area contributed by atoms with Gasteiger partial charge in [0.15, 0.2) is 0 Å². The molecule has 0 spiro atoms. The van der Waals surface area contributed by atoms with Crippen LogP contribution in [-0.4, -0.2) is 21.9 Å². The van der Waals surface area contributed by atoms with E-state index in [4.69, 9.17) is 11.6 Å². The second-order valence-electron chi connectivity index (χ2n) is 6.15. The monoisotopic (exact) mass is 437 g/mol. The molecule has 0 unspecified atom stereocenters. The maximum atomic E-state index is 12.8. The molecule has 4 nitrogen and oxygen atoms in total. The van der Waals surface area contributed by atoms with Crippen molar-refractivity contribution in [3.05, 3.63) is 70.7 Å². The van der Waals surface area contributed by atoms with Crippen molar-refractivity contribution in [1.82, 2.24) is 10.2 Å². The van der Waals surface area contributed by atoms with Crippen LogP contribution in [-0.2, 0) is 11.0 Å². The maximum Gasteiger partial charge on any atom is 0.416 e. The zero-order valence-corrected chi connectivity index (χ0v) is 16.7. The summed E-state index contributed by atoms with van der Waals surface area (Å²) in [6, 6.07) is 14.1. The predicted molar refractivity (Wildman–Crippen MR) is 108 cm³/mol. The average molecular weight is 438 g/mol. The van der Waals surface area contributed by atoms with Gasteiger partial charge in [0.1, 0.15) is 5.03 Å². The first-order chi connectivity index (χ1) is 13.7. The topological polar surface area (TPSA) is 54.9 Å². The fourth-order valence-corrected chi connectivity index (χ4v) is 3.18. The van der Waals surface area contributed by atoms with Crippen molar-refractivity contribution in [2.75, 3.05) is 11.1 Å². The predicted octanol–water partition coefficient (Wildman–Crippen LogP) is 5.86. The average Bonchev–Trinajstić information content (AvgIpc) is 2.68. The number of carbonyl (C=O) groups excluding carboxylic acids is 1. The molecule has 0 fully saturated rings. The highest BCUT2D eigenvalue weighted by Crippen LogP contribution is 2.34. The number of hydrogen-bond donors (Lipinski definition) is 1. The van der Waals surface area contributed by atoms with E-state index in [1.54, 1.807) is 12.1 Å². The minimum absolute atomic E-state index is 0.0265. The first-order valence-electron chi connectivity index (χ1n) is 8.42. The van der Waals surface area contributed by atoms with Crippen LogP contribution >= 0.6 is 23.4 Å². The molecule has 1 heterocycles. The Kier molecular flexibility index (Phi) is 6.44. The molecule has 3 rings (SSSR count). The van der Waals surface area contributed by atoms with Crippen LogP contribution in [0, 0.1) is 6.92 Å². The molecule has 0 atom stereocenters. The Morgan fingerprint density at radius 1 is 1.07 bits per heavy atom. The number of thioether (sulfide) groups is 1. The van der Waals surface area contributed by atoms with Crippen LogP contribution in [0.15, 0.2) is 59.6 Å². The van der Waals surface area contributed by atoms with Gasteiger partial charge in [-0.15, -0.1) is 10.2 Å². The number of amides is 1. The molecule has 0 aliphatic rings. The number of aromatic nitrogens is 2. The number of nitrogens with zero attached hydrogens (tertiary/aromatic N) is 2. The van der Waals surface area contributed by atoms with Gasteiger partial charge < -0.3 is 5.32 Å². The summed E-state index contributed by atoms with van der Waals surface area (Å²) in [5.41, 5.74) is 1.79. The van der Waals surface area contributed by atoms with Crippen molar-refractivity contribution in [2.45, 2.75) is 18.1 Å². The summed E-state index contributed by atoms with van der Waals surface area (Å²) < 4.78 is 38.4. The van der Waals surface area contributed by atoms with E-state index >= 15 is 0 Å². The summed E-state index contributed by atoms with van der Waals surface area (Å²) in [5, 5.41) is 11.2. The van der Waals surface area contributed by atoms with E-state index in [9.17, 15) is 18.0 Å². The standard InChI is InChI=1S/C20H15ClF3N3OS/c1-12-2-4-13(5-3-12)16-8-9-19(27-26-16)29-11-18(28)25-17-10-14(20(22,23)24)6-7-15(17)21/h2-10H,11H2,1H3,(H,25,28). The first-order valence-corrected chi connectivity index (χ1v) is 9.79. The number of nitrogens with one attached hydrogen (secondary N) is 1. The number of alkyl halides is 3. The van der Waals surface area contributed by atoms with Gasteiger partial charge in [-0.3, -0.25) is 4.79 Å². The van der Waals surface area contributed by atoms with Crippen LogP contribution in [0.1, 0.15) is 11.1 Å². The minimum Gasteiger partial charge on any atom is -0.324 e. The van der Waals surface area contributed by atoms with Crippen molar-refractivity contribution in [1.29, 1.82) is 0 Å². The lowest BCUT2D eigenvalue weighted by atomic mass is 10.1. The molecule has 0 saturated heterocycles. The van der Waals surface area contributed by atoms with Crippen LogP contribution in [0.3, 0.4) is 0 Å². The Bertz CT molecular complexity index is 1010. The summed E-state index contributed by atoms with van der Waals surface area (Å²) in [5.74, 6) is -0.550. The third kappa shape index (κ3) is 5.71. The smallest absolute Gasteiger partial charge is 0.324 e. The van der Waals surface area contributed by atoms with E-state index in [1.165, 1.54) is 0 Å². The highest BCUT2D eigenvalue weighted by Gasteiger charge is 2.31. The molecular weight excluding hydrogens is 423 g/mol. The maximum absolute atomic E-state index is 12.8. The fraction of sp³-hybridized carbons (Fsp3) is 0.150. The van der Waals surface area contributed by atoms with E-state index in [1.807, 2.05) is 31.2 Å². The quantitative estimate of drug-likeness (QED) is 0.508. The number of carbonyl (C=O) groups is 1. The van der Waals surface area contributed by atoms with Gasteiger partial charge in [-0.05, 0) is 37.3 Å². The Balaban J connectivity index is 1.60. The highest BCUT2D eigenvalue weighted by molar-refractivity contribution is 7.99. The van der Waals surface area contributed by atoms with Crippen LogP contribution in [0.4, 0.5) is 18.9 Å². The summed E-state index contributed by atoms with van der Waals surface area (Å²) in [6.07, 6.45) is -4.52. The highest BCUT2D eigenvalue weighted by atomic mass is 35.5. The third-order valence-electron chi connectivity index (χ3n) is 3.91. The third-order valence-corrected chi connectivity index (χ3v) is 5.16. The lowest BCUT2D eigenvalue weighted by molar-refractivity contribution is -0.137. The molecule has 0 aliphatic heterocycles. The summed E-state index contributed by atoms with van der Waals surface area (Å²) in [6.45, 7) is 1.99. The Morgan fingerprint density at radius 2 is 1.79 bits per heavy atom. The van der Waals surface area contributed by atoms with Gasteiger partial charge in [0.2, 0.25) is 5.91 Å². The zero-order chi connectivity index (χ0) is 21.0. The minimum atomic E-state index is -4.52. The molecule has 1 aromatic heterocycles. The zero-order valence-electron chi connectivity index (χ0n) is 15.1. The summed E-state index contributed by atoms with van der Waals surface area (Å²) >= 11 is 7.00. The number of rotatable bonds is 5. The first kappa shape index (κ1) is 21.1. The van der Waals surface area contributed by atoms with Crippen molar-refractivity contribution in [3.8, 4) is 11.3 Å². The molecule has 0 radical (unpaired) electrons. The van der Waals surface area contributed by atoms with Gasteiger partial charge in [-0.2, -0.15) is 13.2 Å². The molecular formula is C20H15ClF3N3OS. The second kappa shape index (κ2) is 8.84. The van der Waals surface area contributed by atoms with Crippen molar-refractivity contribution < 1.29 is 18.0 Å².